The van der Waals surface area contributed by atoms with Crippen LogP contribution >= 0.6 is 23.1 Å². The van der Waals surface area contributed by atoms with Crippen molar-refractivity contribution in [2.75, 3.05) is 0 Å². The molecule has 0 unspecified atom stereocenters. The zero-order chi connectivity index (χ0) is 17.7. The summed E-state index contributed by atoms with van der Waals surface area (Å²) in [6.07, 6.45) is 4.85. The SMILES string of the molecule is CC(C)Sc1nnc2c3c4c(sc3nc(-c3ccccc3)n12)CCCC4. The number of fused-ring (bicyclic) bond motifs is 5. The molecule has 3 heterocycles. The highest BCUT2D eigenvalue weighted by Crippen LogP contribution is 2.39. The summed E-state index contributed by atoms with van der Waals surface area (Å²) in [4.78, 5) is 7.71. The van der Waals surface area contributed by atoms with Crippen LogP contribution in [0.5, 0.6) is 0 Å². The largest absolute Gasteiger partial charge is 0.253 e. The zero-order valence-electron chi connectivity index (χ0n) is 14.9. The Morgan fingerprint density at radius 3 is 2.69 bits per heavy atom. The lowest BCUT2D eigenvalue weighted by Gasteiger charge is -2.11. The van der Waals surface area contributed by atoms with Gasteiger partial charge in [-0.25, -0.2) is 4.98 Å². The summed E-state index contributed by atoms with van der Waals surface area (Å²) in [5.41, 5.74) is 3.54. The summed E-state index contributed by atoms with van der Waals surface area (Å²) >= 11 is 3.59. The molecule has 0 atom stereocenters. The van der Waals surface area contributed by atoms with Crippen molar-refractivity contribution in [2.45, 2.75) is 49.9 Å². The molecule has 4 nitrogen and oxygen atoms in total. The third-order valence-corrected chi connectivity index (χ3v) is 6.93. The van der Waals surface area contributed by atoms with Crippen molar-refractivity contribution in [3.8, 4) is 11.4 Å². The smallest absolute Gasteiger partial charge is 0.197 e. The molecule has 132 valence electrons. The summed E-state index contributed by atoms with van der Waals surface area (Å²) in [5, 5.41) is 11.8. The summed E-state index contributed by atoms with van der Waals surface area (Å²) in [5.74, 6) is 0.944. The Balaban J connectivity index is 1.87. The van der Waals surface area contributed by atoms with E-state index in [4.69, 9.17) is 4.98 Å². The second-order valence-electron chi connectivity index (χ2n) is 7.00. The molecule has 0 aliphatic heterocycles. The maximum Gasteiger partial charge on any atom is 0.197 e. The average Bonchev–Trinajstić information content (AvgIpc) is 3.22. The van der Waals surface area contributed by atoms with Gasteiger partial charge in [0.1, 0.15) is 10.7 Å². The number of rotatable bonds is 3. The van der Waals surface area contributed by atoms with Gasteiger partial charge in [0.25, 0.3) is 0 Å². The second kappa shape index (κ2) is 6.35. The Kier molecular flexibility index (Phi) is 3.98. The lowest BCUT2D eigenvalue weighted by molar-refractivity contribution is 0.700. The minimum atomic E-state index is 0.443. The number of hydrogen-bond donors (Lipinski definition) is 0. The Morgan fingerprint density at radius 1 is 1.08 bits per heavy atom. The normalized spacial score (nSPS) is 14.4. The van der Waals surface area contributed by atoms with E-state index in [1.807, 2.05) is 17.4 Å². The number of aromatic nitrogens is 4. The van der Waals surface area contributed by atoms with Crippen LogP contribution in [0.4, 0.5) is 0 Å². The quantitative estimate of drug-likeness (QED) is 0.447. The van der Waals surface area contributed by atoms with Gasteiger partial charge >= 0.3 is 0 Å². The molecule has 3 aromatic heterocycles. The van der Waals surface area contributed by atoms with Gasteiger partial charge in [-0.3, -0.25) is 4.40 Å². The van der Waals surface area contributed by atoms with Gasteiger partial charge in [0.2, 0.25) is 0 Å². The van der Waals surface area contributed by atoms with Crippen molar-refractivity contribution in [3.63, 3.8) is 0 Å². The van der Waals surface area contributed by atoms with Crippen molar-refractivity contribution in [1.82, 2.24) is 19.6 Å². The van der Waals surface area contributed by atoms with E-state index in [1.165, 1.54) is 35.1 Å². The van der Waals surface area contributed by atoms with E-state index < -0.39 is 0 Å². The second-order valence-corrected chi connectivity index (χ2v) is 9.63. The van der Waals surface area contributed by atoms with Crippen molar-refractivity contribution >= 4 is 39.0 Å². The number of benzene rings is 1. The molecule has 1 aliphatic rings. The van der Waals surface area contributed by atoms with Crippen LogP contribution in [0.25, 0.3) is 27.3 Å². The Morgan fingerprint density at radius 2 is 1.88 bits per heavy atom. The first-order valence-corrected chi connectivity index (χ1v) is 10.8. The molecule has 0 saturated carbocycles. The van der Waals surface area contributed by atoms with Crippen LogP contribution in [0.15, 0.2) is 35.5 Å². The average molecular weight is 381 g/mol. The maximum absolute atomic E-state index is 5.11. The van der Waals surface area contributed by atoms with Crippen molar-refractivity contribution in [1.29, 1.82) is 0 Å². The Hall–Kier alpha value is -1.92. The van der Waals surface area contributed by atoms with E-state index in [0.29, 0.717) is 5.25 Å². The topological polar surface area (TPSA) is 43.1 Å². The van der Waals surface area contributed by atoms with E-state index in [9.17, 15) is 0 Å². The monoisotopic (exact) mass is 380 g/mol. The fourth-order valence-corrected chi connectivity index (χ4v) is 5.74. The zero-order valence-corrected chi connectivity index (χ0v) is 16.5. The molecule has 26 heavy (non-hydrogen) atoms. The molecule has 0 spiro atoms. The number of aryl methyl sites for hydroxylation is 2. The first-order valence-electron chi connectivity index (χ1n) is 9.14. The molecule has 0 radical (unpaired) electrons. The minimum Gasteiger partial charge on any atom is -0.253 e. The molecular formula is C20H20N4S2. The van der Waals surface area contributed by atoms with E-state index in [0.717, 1.165) is 33.4 Å². The van der Waals surface area contributed by atoms with Gasteiger partial charge in [-0.05, 0) is 31.2 Å². The first-order chi connectivity index (χ1) is 12.7. The molecular weight excluding hydrogens is 360 g/mol. The fraction of sp³-hybridized carbons (Fsp3) is 0.350. The van der Waals surface area contributed by atoms with Crippen molar-refractivity contribution in [3.05, 3.63) is 40.8 Å². The minimum absolute atomic E-state index is 0.443. The molecule has 0 N–H and O–H groups in total. The van der Waals surface area contributed by atoms with Crippen LogP contribution < -0.4 is 0 Å². The Labute approximate surface area is 160 Å². The predicted molar refractivity (Wildman–Crippen MR) is 109 cm³/mol. The molecule has 0 bridgehead atoms. The molecule has 1 aromatic carbocycles. The highest BCUT2D eigenvalue weighted by atomic mass is 32.2. The number of thiophene rings is 1. The summed E-state index contributed by atoms with van der Waals surface area (Å²) in [6.45, 7) is 4.37. The van der Waals surface area contributed by atoms with E-state index in [1.54, 1.807) is 11.8 Å². The van der Waals surface area contributed by atoms with Gasteiger partial charge in [0.15, 0.2) is 10.8 Å². The molecule has 0 saturated heterocycles. The van der Waals surface area contributed by atoms with Crippen LogP contribution in [0.3, 0.4) is 0 Å². The standard InChI is InChI=1S/C20H20N4S2/c1-12(2)25-20-23-22-18-16-14-10-6-7-11-15(14)26-19(16)21-17(24(18)20)13-8-4-3-5-9-13/h3-5,8-9,12H,6-7,10-11H2,1-2H3. The van der Waals surface area contributed by atoms with Crippen molar-refractivity contribution in [2.24, 2.45) is 0 Å². The summed E-state index contributed by atoms with van der Waals surface area (Å²) in [7, 11) is 0. The summed E-state index contributed by atoms with van der Waals surface area (Å²) < 4.78 is 2.17. The molecule has 5 rings (SSSR count). The first kappa shape index (κ1) is 16.3. The van der Waals surface area contributed by atoms with Gasteiger partial charge in [-0.2, -0.15) is 0 Å². The molecule has 0 fully saturated rings. The number of hydrogen-bond acceptors (Lipinski definition) is 5. The fourth-order valence-electron chi connectivity index (χ4n) is 3.70. The lowest BCUT2D eigenvalue weighted by atomic mass is 9.97. The number of nitrogens with zero attached hydrogens (tertiary/aromatic N) is 4. The molecule has 0 amide bonds. The van der Waals surface area contributed by atoms with Crippen LogP contribution in [-0.2, 0) is 12.8 Å². The number of thioether (sulfide) groups is 1. The maximum atomic E-state index is 5.11. The van der Waals surface area contributed by atoms with Crippen LogP contribution in [0.1, 0.15) is 37.1 Å². The molecule has 1 aliphatic carbocycles. The van der Waals surface area contributed by atoms with Crippen LogP contribution in [0.2, 0.25) is 0 Å². The van der Waals surface area contributed by atoms with Gasteiger partial charge in [-0.1, -0.05) is 55.9 Å². The molecule has 4 aromatic rings. The van der Waals surface area contributed by atoms with Gasteiger partial charge in [0, 0.05) is 15.7 Å². The third-order valence-electron chi connectivity index (χ3n) is 4.80. The van der Waals surface area contributed by atoms with Gasteiger partial charge in [-0.15, -0.1) is 21.5 Å². The Bertz CT molecular complexity index is 1100. The molecule has 6 heteroatoms. The predicted octanol–water partition coefficient (Wildman–Crippen LogP) is 5.39. The van der Waals surface area contributed by atoms with E-state index >= 15 is 0 Å². The third kappa shape index (κ3) is 2.55. The lowest BCUT2D eigenvalue weighted by Crippen LogP contribution is -2.02. The van der Waals surface area contributed by atoms with Crippen molar-refractivity contribution < 1.29 is 0 Å². The van der Waals surface area contributed by atoms with Gasteiger partial charge in [0.05, 0.1) is 5.39 Å². The highest BCUT2D eigenvalue weighted by Gasteiger charge is 2.24. The van der Waals surface area contributed by atoms with E-state index in [-0.39, 0.29) is 0 Å². The van der Waals surface area contributed by atoms with E-state index in [2.05, 4.69) is 52.7 Å². The highest BCUT2D eigenvalue weighted by molar-refractivity contribution is 7.99. The van der Waals surface area contributed by atoms with Crippen LogP contribution in [0, 0.1) is 0 Å². The van der Waals surface area contributed by atoms with Gasteiger partial charge < -0.3 is 0 Å². The summed E-state index contributed by atoms with van der Waals surface area (Å²) in [6, 6.07) is 10.4. The van der Waals surface area contributed by atoms with Crippen LogP contribution in [-0.4, -0.2) is 24.8 Å².